The lowest BCUT2D eigenvalue weighted by Gasteiger charge is -2.18. The number of nitrogens with one attached hydrogen (secondary N) is 1. The Bertz CT molecular complexity index is 545. The zero-order chi connectivity index (χ0) is 14.9. The van der Waals surface area contributed by atoms with Crippen molar-refractivity contribution in [2.75, 3.05) is 16.8 Å². The first-order valence-electron chi connectivity index (χ1n) is 6.57. The maximum absolute atomic E-state index is 14.1. The summed E-state index contributed by atoms with van der Waals surface area (Å²) in [6, 6.07) is 3.72. The van der Waals surface area contributed by atoms with E-state index in [0.717, 1.165) is 0 Å². The molecule has 1 aliphatic heterocycles. The number of benzene rings is 1. The molecule has 0 saturated carbocycles. The van der Waals surface area contributed by atoms with Crippen LogP contribution in [0.4, 0.5) is 15.8 Å². The van der Waals surface area contributed by atoms with Crippen molar-refractivity contribution in [2.24, 2.45) is 11.7 Å². The van der Waals surface area contributed by atoms with Gasteiger partial charge < -0.3 is 16.0 Å². The summed E-state index contributed by atoms with van der Waals surface area (Å²) in [5.41, 5.74) is 6.19. The van der Waals surface area contributed by atoms with Crippen LogP contribution in [0, 0.1) is 11.7 Å². The number of hydrogen-bond acceptors (Lipinski definition) is 3. The third kappa shape index (κ3) is 2.80. The van der Waals surface area contributed by atoms with Crippen LogP contribution < -0.4 is 16.0 Å². The van der Waals surface area contributed by atoms with E-state index in [0.29, 0.717) is 18.7 Å². The van der Waals surface area contributed by atoms with E-state index in [-0.39, 0.29) is 23.4 Å². The largest absolute Gasteiger partial charge is 0.326 e. The number of amides is 2. The maximum Gasteiger partial charge on any atom is 0.244 e. The molecule has 108 valence electrons. The predicted octanol–water partition coefficient (Wildman–Crippen LogP) is 1.48. The maximum atomic E-state index is 14.1. The van der Waals surface area contributed by atoms with Crippen LogP contribution in [0.15, 0.2) is 18.2 Å². The van der Waals surface area contributed by atoms with Crippen LogP contribution in [0.5, 0.6) is 0 Å². The van der Waals surface area contributed by atoms with Crippen molar-refractivity contribution < 1.29 is 14.0 Å². The highest BCUT2D eigenvalue weighted by Crippen LogP contribution is 2.26. The fourth-order valence-corrected chi connectivity index (χ4v) is 2.03. The quantitative estimate of drug-likeness (QED) is 0.880. The van der Waals surface area contributed by atoms with Gasteiger partial charge in [-0.2, -0.15) is 0 Å². The summed E-state index contributed by atoms with van der Waals surface area (Å²) >= 11 is 0. The average Bonchev–Trinajstić information content (AvgIpc) is 2.70. The zero-order valence-electron chi connectivity index (χ0n) is 11.5. The molecule has 20 heavy (non-hydrogen) atoms. The average molecular weight is 279 g/mol. The first-order chi connectivity index (χ1) is 9.40. The molecule has 0 bridgehead atoms. The van der Waals surface area contributed by atoms with E-state index in [1.54, 1.807) is 19.9 Å². The molecule has 1 heterocycles. The van der Waals surface area contributed by atoms with Crippen molar-refractivity contribution >= 4 is 23.2 Å². The molecule has 1 aromatic rings. The number of hydrogen-bond donors (Lipinski definition) is 2. The Hall–Kier alpha value is -1.95. The van der Waals surface area contributed by atoms with Crippen LogP contribution in [0.1, 0.15) is 20.3 Å². The number of carbonyl (C=O) groups excluding carboxylic acids is 2. The van der Waals surface area contributed by atoms with Crippen molar-refractivity contribution in [1.29, 1.82) is 0 Å². The fraction of sp³-hybridized carbons (Fsp3) is 0.429. The topological polar surface area (TPSA) is 75.4 Å². The molecule has 5 nitrogen and oxygen atoms in total. The molecule has 1 fully saturated rings. The van der Waals surface area contributed by atoms with Gasteiger partial charge in [0.05, 0.1) is 11.7 Å². The van der Waals surface area contributed by atoms with Gasteiger partial charge in [-0.1, -0.05) is 13.8 Å². The van der Waals surface area contributed by atoms with Crippen molar-refractivity contribution in [1.82, 2.24) is 0 Å². The molecule has 0 aromatic heterocycles. The molecule has 2 rings (SSSR count). The summed E-state index contributed by atoms with van der Waals surface area (Å²) < 4.78 is 14.1. The van der Waals surface area contributed by atoms with Gasteiger partial charge >= 0.3 is 0 Å². The summed E-state index contributed by atoms with van der Waals surface area (Å²) in [6.07, 6.45) is 0.518. The summed E-state index contributed by atoms with van der Waals surface area (Å²) in [7, 11) is 0. The number of carbonyl (C=O) groups is 2. The van der Waals surface area contributed by atoms with E-state index in [1.807, 2.05) is 0 Å². The molecule has 2 amide bonds. The molecule has 1 atom stereocenters. The highest BCUT2D eigenvalue weighted by molar-refractivity contribution is 5.99. The van der Waals surface area contributed by atoms with Crippen LogP contribution >= 0.6 is 0 Å². The lowest BCUT2D eigenvalue weighted by atomic mass is 10.2. The summed E-state index contributed by atoms with van der Waals surface area (Å²) in [6.45, 7) is 3.92. The third-order valence-corrected chi connectivity index (χ3v) is 3.28. The molecule has 0 radical (unpaired) electrons. The SMILES string of the molecule is CC(C)C(=O)Nc1ccc(N2CCC(N)C2=O)c(F)c1. The molecule has 3 N–H and O–H groups in total. The Morgan fingerprint density at radius 1 is 1.50 bits per heavy atom. The Morgan fingerprint density at radius 3 is 2.70 bits per heavy atom. The summed E-state index contributed by atoms with van der Waals surface area (Å²) in [5, 5.41) is 2.61. The number of rotatable bonds is 3. The van der Waals surface area contributed by atoms with Crippen molar-refractivity contribution in [3.8, 4) is 0 Å². The van der Waals surface area contributed by atoms with Gasteiger partial charge in [0.1, 0.15) is 5.82 Å². The molecule has 6 heteroatoms. The van der Waals surface area contributed by atoms with E-state index in [2.05, 4.69) is 5.32 Å². The molecule has 1 aliphatic rings. The monoisotopic (exact) mass is 279 g/mol. The second kappa shape index (κ2) is 5.58. The predicted molar refractivity (Wildman–Crippen MR) is 74.8 cm³/mol. The second-order valence-electron chi connectivity index (χ2n) is 5.20. The van der Waals surface area contributed by atoms with E-state index in [9.17, 15) is 14.0 Å². The van der Waals surface area contributed by atoms with Crippen molar-refractivity contribution in [3.05, 3.63) is 24.0 Å². The molecule has 1 aromatic carbocycles. The van der Waals surface area contributed by atoms with Gasteiger partial charge in [-0.3, -0.25) is 9.59 Å². The van der Waals surface area contributed by atoms with Crippen LogP contribution in [-0.4, -0.2) is 24.4 Å². The van der Waals surface area contributed by atoms with Gasteiger partial charge in [-0.15, -0.1) is 0 Å². The minimum absolute atomic E-state index is 0.184. The number of halogens is 1. The first kappa shape index (κ1) is 14.5. The Morgan fingerprint density at radius 2 is 2.20 bits per heavy atom. The lowest BCUT2D eigenvalue weighted by Crippen LogP contribution is -2.34. The van der Waals surface area contributed by atoms with Crippen molar-refractivity contribution in [2.45, 2.75) is 26.3 Å². The van der Waals surface area contributed by atoms with Gasteiger partial charge in [0.25, 0.3) is 0 Å². The molecular formula is C14H18FN3O2. The summed E-state index contributed by atoms with van der Waals surface area (Å²) in [5.74, 6) is -1.19. The molecule has 1 saturated heterocycles. The highest BCUT2D eigenvalue weighted by atomic mass is 19.1. The van der Waals surface area contributed by atoms with Crippen molar-refractivity contribution in [3.63, 3.8) is 0 Å². The van der Waals surface area contributed by atoms with Crippen LogP contribution in [0.2, 0.25) is 0 Å². The number of nitrogens with two attached hydrogens (primary N) is 1. The Kier molecular flexibility index (Phi) is 4.04. The highest BCUT2D eigenvalue weighted by Gasteiger charge is 2.31. The normalized spacial score (nSPS) is 18.8. The van der Waals surface area contributed by atoms with Gasteiger partial charge in [0, 0.05) is 18.2 Å². The zero-order valence-corrected chi connectivity index (χ0v) is 11.5. The van der Waals surface area contributed by atoms with E-state index in [1.165, 1.54) is 17.0 Å². The van der Waals surface area contributed by atoms with Gasteiger partial charge in [-0.25, -0.2) is 4.39 Å². The standard InChI is InChI=1S/C14H18FN3O2/c1-8(2)13(19)17-9-3-4-12(10(15)7-9)18-6-5-11(16)14(18)20/h3-4,7-8,11H,5-6,16H2,1-2H3,(H,17,19). The van der Waals surface area contributed by atoms with E-state index >= 15 is 0 Å². The molecule has 0 spiro atoms. The fourth-order valence-electron chi connectivity index (χ4n) is 2.03. The van der Waals surface area contributed by atoms with Gasteiger partial charge in [0.15, 0.2) is 0 Å². The molecular weight excluding hydrogens is 261 g/mol. The lowest BCUT2D eigenvalue weighted by molar-refractivity contribution is -0.119. The van der Waals surface area contributed by atoms with Crippen LogP contribution in [-0.2, 0) is 9.59 Å². The van der Waals surface area contributed by atoms with Gasteiger partial charge in [-0.05, 0) is 24.6 Å². The molecule has 0 aliphatic carbocycles. The van der Waals surface area contributed by atoms with Gasteiger partial charge in [0.2, 0.25) is 11.8 Å². The van der Waals surface area contributed by atoms with E-state index in [4.69, 9.17) is 5.73 Å². The minimum atomic E-state index is -0.560. The van der Waals surface area contributed by atoms with Crippen LogP contribution in [0.25, 0.3) is 0 Å². The minimum Gasteiger partial charge on any atom is -0.326 e. The number of anilines is 2. The van der Waals surface area contributed by atoms with Crippen LogP contribution in [0.3, 0.4) is 0 Å². The Balaban J connectivity index is 2.18. The van der Waals surface area contributed by atoms with E-state index < -0.39 is 11.9 Å². The third-order valence-electron chi connectivity index (χ3n) is 3.28. The Labute approximate surface area is 116 Å². The number of nitrogens with zero attached hydrogens (tertiary/aromatic N) is 1. The second-order valence-corrected chi connectivity index (χ2v) is 5.20. The smallest absolute Gasteiger partial charge is 0.244 e. The molecule has 1 unspecified atom stereocenters. The first-order valence-corrected chi connectivity index (χ1v) is 6.57. The summed E-state index contributed by atoms with van der Waals surface area (Å²) in [4.78, 5) is 24.7.